The van der Waals surface area contributed by atoms with Gasteiger partial charge in [-0.1, -0.05) is 30.0 Å². The van der Waals surface area contributed by atoms with E-state index in [1.54, 1.807) is 24.3 Å². The van der Waals surface area contributed by atoms with Gasteiger partial charge in [0.25, 0.3) is 0 Å². The van der Waals surface area contributed by atoms with Crippen molar-refractivity contribution in [1.82, 2.24) is 0 Å². The second-order valence-corrected chi connectivity index (χ2v) is 2.99. The molecule has 3 heteroatoms. The monoisotopic (exact) mass is 169 g/mol. The van der Waals surface area contributed by atoms with Gasteiger partial charge in [-0.2, -0.15) is 0 Å². The van der Waals surface area contributed by atoms with Crippen LogP contribution in [0.15, 0.2) is 35.2 Å². The number of hydrogen-bond donors (Lipinski definition) is 0. The van der Waals surface area contributed by atoms with Crippen LogP contribution >= 0.6 is 11.8 Å². The standard InChI is InChI=1S/C8H6FOS/c9-8(6-10)11-7-4-2-1-3-5-7/h1-5,8H. The molecular weight excluding hydrogens is 163 g/mol. The van der Waals surface area contributed by atoms with Crippen LogP contribution in [0.1, 0.15) is 0 Å². The summed E-state index contributed by atoms with van der Waals surface area (Å²) in [5.41, 5.74) is -1.57. The number of thioether (sulfide) groups is 1. The topological polar surface area (TPSA) is 17.1 Å². The number of halogens is 1. The van der Waals surface area contributed by atoms with Gasteiger partial charge in [-0.25, -0.2) is 4.39 Å². The second-order valence-electron chi connectivity index (χ2n) is 1.86. The van der Waals surface area contributed by atoms with Gasteiger partial charge in [-0.3, -0.25) is 4.79 Å². The normalized spacial score (nSPS) is 12.5. The lowest BCUT2D eigenvalue weighted by molar-refractivity contribution is 0.485. The molecule has 0 N–H and O–H groups in total. The molecule has 0 aliphatic carbocycles. The zero-order chi connectivity index (χ0) is 8.10. The van der Waals surface area contributed by atoms with Crippen LogP contribution in [0.2, 0.25) is 0 Å². The molecule has 0 fully saturated rings. The molecule has 11 heavy (non-hydrogen) atoms. The molecule has 1 radical (unpaired) electrons. The maximum atomic E-state index is 12.4. The minimum Gasteiger partial charge on any atom is -0.286 e. The first kappa shape index (κ1) is 8.27. The van der Waals surface area contributed by atoms with Crippen LogP contribution < -0.4 is 0 Å². The zero-order valence-corrected chi connectivity index (χ0v) is 6.48. The molecule has 1 rings (SSSR count). The molecule has 1 aromatic rings. The Bertz CT molecular complexity index is 225. The van der Waals surface area contributed by atoms with E-state index in [1.807, 2.05) is 6.07 Å². The van der Waals surface area contributed by atoms with Crippen molar-refractivity contribution in [3.05, 3.63) is 30.3 Å². The summed E-state index contributed by atoms with van der Waals surface area (Å²) < 4.78 is 12.4. The first-order valence-electron chi connectivity index (χ1n) is 3.06. The Morgan fingerprint density at radius 2 is 2.00 bits per heavy atom. The highest BCUT2D eigenvalue weighted by atomic mass is 32.2. The van der Waals surface area contributed by atoms with Crippen molar-refractivity contribution >= 4 is 18.0 Å². The Balaban J connectivity index is 2.57. The molecule has 1 unspecified atom stereocenters. The average Bonchev–Trinajstić information content (AvgIpc) is 2.06. The molecule has 1 aromatic carbocycles. The summed E-state index contributed by atoms with van der Waals surface area (Å²) in [6.45, 7) is 0. The lowest BCUT2D eigenvalue weighted by atomic mass is 10.4. The zero-order valence-electron chi connectivity index (χ0n) is 5.66. The van der Waals surface area contributed by atoms with Gasteiger partial charge in [0.15, 0.2) is 0 Å². The molecule has 1 nitrogen and oxygen atoms in total. The third-order valence-electron chi connectivity index (χ3n) is 1.08. The number of hydrogen-bond acceptors (Lipinski definition) is 2. The van der Waals surface area contributed by atoms with Crippen LogP contribution in [0, 0.1) is 0 Å². The van der Waals surface area contributed by atoms with Gasteiger partial charge >= 0.3 is 0 Å². The molecule has 0 bridgehead atoms. The van der Waals surface area contributed by atoms with Gasteiger partial charge in [0.1, 0.15) is 0 Å². The van der Waals surface area contributed by atoms with Crippen molar-refractivity contribution in [3.8, 4) is 0 Å². The third kappa shape index (κ3) is 2.72. The summed E-state index contributed by atoms with van der Waals surface area (Å²) in [6.07, 6.45) is 1.26. The molecule has 0 saturated carbocycles. The van der Waals surface area contributed by atoms with E-state index in [9.17, 15) is 9.18 Å². The lowest BCUT2D eigenvalue weighted by Gasteiger charge is -1.97. The van der Waals surface area contributed by atoms with Crippen molar-refractivity contribution in [3.63, 3.8) is 0 Å². The van der Waals surface area contributed by atoms with Crippen molar-refractivity contribution in [2.45, 2.75) is 10.4 Å². The molecular formula is C8H6FOS. The average molecular weight is 169 g/mol. The summed E-state index contributed by atoms with van der Waals surface area (Å²) in [5.74, 6) is 0. The van der Waals surface area contributed by atoms with Gasteiger partial charge in [0.2, 0.25) is 11.8 Å². The second kappa shape index (κ2) is 4.13. The predicted octanol–water partition coefficient (Wildman–Crippen LogP) is 2.18. The van der Waals surface area contributed by atoms with E-state index < -0.39 is 5.50 Å². The van der Waals surface area contributed by atoms with Crippen molar-refractivity contribution in [2.75, 3.05) is 0 Å². The van der Waals surface area contributed by atoms with E-state index >= 15 is 0 Å². The fourth-order valence-corrected chi connectivity index (χ4v) is 1.24. The smallest absolute Gasteiger partial charge is 0.247 e. The van der Waals surface area contributed by atoms with Crippen LogP contribution in [0.25, 0.3) is 0 Å². The van der Waals surface area contributed by atoms with E-state index in [0.717, 1.165) is 16.7 Å². The van der Waals surface area contributed by atoms with Gasteiger partial charge in [-0.05, 0) is 12.1 Å². The van der Waals surface area contributed by atoms with E-state index in [-0.39, 0.29) is 0 Å². The first-order chi connectivity index (χ1) is 5.33. The van der Waals surface area contributed by atoms with Crippen LogP contribution in [0.3, 0.4) is 0 Å². The number of alkyl halides is 1. The highest BCUT2D eigenvalue weighted by molar-refractivity contribution is 8.00. The maximum Gasteiger partial charge on any atom is 0.247 e. The first-order valence-corrected chi connectivity index (χ1v) is 3.94. The van der Waals surface area contributed by atoms with Gasteiger partial charge in [0, 0.05) is 4.90 Å². The summed E-state index contributed by atoms with van der Waals surface area (Å²) in [5, 5.41) is 0. The minimum atomic E-state index is -1.57. The molecule has 0 saturated heterocycles. The SMILES string of the molecule is O=[C]C(F)Sc1ccccc1. The van der Waals surface area contributed by atoms with Crippen molar-refractivity contribution in [1.29, 1.82) is 0 Å². The van der Waals surface area contributed by atoms with Crippen molar-refractivity contribution in [2.24, 2.45) is 0 Å². The predicted molar refractivity (Wildman–Crippen MR) is 42.9 cm³/mol. The number of benzene rings is 1. The minimum absolute atomic E-state index is 0.739. The van der Waals surface area contributed by atoms with Crippen LogP contribution in [0.4, 0.5) is 4.39 Å². The van der Waals surface area contributed by atoms with Crippen molar-refractivity contribution < 1.29 is 9.18 Å². The van der Waals surface area contributed by atoms with E-state index in [2.05, 4.69) is 0 Å². The molecule has 57 valence electrons. The Morgan fingerprint density at radius 3 is 2.55 bits per heavy atom. The van der Waals surface area contributed by atoms with Gasteiger partial charge in [-0.15, -0.1) is 0 Å². The molecule has 0 amide bonds. The summed E-state index contributed by atoms with van der Waals surface area (Å²) >= 11 is 0.853. The molecule has 0 heterocycles. The largest absolute Gasteiger partial charge is 0.286 e. The lowest BCUT2D eigenvalue weighted by Crippen LogP contribution is -1.92. The maximum absolute atomic E-state index is 12.4. The molecule has 0 spiro atoms. The number of carbonyl (C=O) groups excluding carboxylic acids is 1. The molecule has 0 aliphatic heterocycles. The van der Waals surface area contributed by atoms with Gasteiger partial charge < -0.3 is 0 Å². The van der Waals surface area contributed by atoms with Gasteiger partial charge in [0.05, 0.1) is 0 Å². The molecule has 1 atom stereocenters. The summed E-state index contributed by atoms with van der Waals surface area (Å²) in [4.78, 5) is 10.5. The Kier molecular flexibility index (Phi) is 3.11. The van der Waals surface area contributed by atoms with Crippen LogP contribution in [-0.2, 0) is 4.79 Å². The molecule has 0 aromatic heterocycles. The Morgan fingerprint density at radius 1 is 1.36 bits per heavy atom. The van der Waals surface area contributed by atoms with E-state index in [0.29, 0.717) is 0 Å². The number of rotatable bonds is 3. The van der Waals surface area contributed by atoms with Crippen LogP contribution in [0.5, 0.6) is 0 Å². The quantitative estimate of drug-likeness (QED) is 0.645. The Hall–Kier alpha value is -0.830. The summed E-state index contributed by atoms with van der Waals surface area (Å²) in [6, 6.07) is 8.91. The highest BCUT2D eigenvalue weighted by Crippen LogP contribution is 2.21. The third-order valence-corrected chi connectivity index (χ3v) is 1.92. The van der Waals surface area contributed by atoms with E-state index in [4.69, 9.17) is 0 Å². The van der Waals surface area contributed by atoms with E-state index in [1.165, 1.54) is 6.29 Å². The fourth-order valence-electron chi connectivity index (χ4n) is 0.643. The fraction of sp³-hybridized carbons (Fsp3) is 0.125. The highest BCUT2D eigenvalue weighted by Gasteiger charge is 2.05. The summed E-state index contributed by atoms with van der Waals surface area (Å²) in [7, 11) is 0. The molecule has 0 aliphatic rings. The Labute approximate surface area is 68.6 Å². The van der Waals surface area contributed by atoms with Crippen LogP contribution in [-0.4, -0.2) is 11.8 Å².